The number of phenolic OH excluding ortho intramolecular Hbond substituents is 1. The Kier molecular flexibility index (Phi) is 4.60. The molecule has 0 heterocycles. The van der Waals surface area contributed by atoms with Gasteiger partial charge in [0.15, 0.2) is 11.5 Å². The smallest absolute Gasteiger partial charge is 0.330 e. The van der Waals surface area contributed by atoms with Gasteiger partial charge in [-0.25, -0.2) is 4.79 Å². The summed E-state index contributed by atoms with van der Waals surface area (Å²) in [5, 5.41) is 9.60. The van der Waals surface area contributed by atoms with Crippen molar-refractivity contribution in [1.29, 1.82) is 0 Å². The van der Waals surface area contributed by atoms with Crippen LogP contribution >= 0.6 is 22.6 Å². The predicted octanol–water partition coefficient (Wildman–Crippen LogP) is 2.19. The van der Waals surface area contributed by atoms with Crippen LogP contribution in [0.5, 0.6) is 11.5 Å². The summed E-state index contributed by atoms with van der Waals surface area (Å²) in [6.45, 7) is 0. The average Bonchev–Trinajstić information content (AvgIpc) is 2.29. The summed E-state index contributed by atoms with van der Waals surface area (Å²) in [6, 6.07) is 3.37. The third-order valence-electron chi connectivity index (χ3n) is 1.88. The van der Waals surface area contributed by atoms with E-state index in [0.717, 1.165) is 5.56 Å². The minimum Gasteiger partial charge on any atom is -0.504 e. The first-order valence-corrected chi connectivity index (χ1v) is 5.49. The van der Waals surface area contributed by atoms with Crippen molar-refractivity contribution in [3.63, 3.8) is 0 Å². The van der Waals surface area contributed by atoms with Gasteiger partial charge >= 0.3 is 5.97 Å². The molecule has 0 aliphatic rings. The number of methoxy groups -OCH3 is 2. The molecule has 0 spiro atoms. The zero-order valence-corrected chi connectivity index (χ0v) is 11.0. The van der Waals surface area contributed by atoms with Crippen molar-refractivity contribution >= 4 is 34.6 Å². The third kappa shape index (κ3) is 3.13. The molecule has 1 rings (SSSR count). The second kappa shape index (κ2) is 5.74. The predicted molar refractivity (Wildman–Crippen MR) is 68.4 cm³/mol. The van der Waals surface area contributed by atoms with Gasteiger partial charge in [0.25, 0.3) is 0 Å². The Morgan fingerprint density at radius 2 is 2.12 bits per heavy atom. The molecule has 0 fully saturated rings. The number of carbonyl (C=O) groups is 1. The van der Waals surface area contributed by atoms with E-state index in [-0.39, 0.29) is 5.75 Å². The van der Waals surface area contributed by atoms with Crippen molar-refractivity contribution in [3.8, 4) is 11.5 Å². The van der Waals surface area contributed by atoms with Gasteiger partial charge in [0.1, 0.15) is 0 Å². The lowest BCUT2D eigenvalue weighted by molar-refractivity contribution is -0.134. The highest BCUT2D eigenvalue weighted by molar-refractivity contribution is 14.1. The molecule has 0 atom stereocenters. The Bertz CT molecular complexity index is 426. The van der Waals surface area contributed by atoms with E-state index in [1.54, 1.807) is 18.2 Å². The van der Waals surface area contributed by atoms with Crippen molar-refractivity contribution < 1.29 is 19.4 Å². The summed E-state index contributed by atoms with van der Waals surface area (Å²) in [4.78, 5) is 10.9. The number of aromatic hydroxyl groups is 1. The van der Waals surface area contributed by atoms with Crippen LogP contribution in [0.25, 0.3) is 6.08 Å². The van der Waals surface area contributed by atoms with Gasteiger partial charge in [-0.15, -0.1) is 0 Å². The monoisotopic (exact) mass is 334 g/mol. The average molecular weight is 334 g/mol. The lowest BCUT2D eigenvalue weighted by atomic mass is 10.2. The van der Waals surface area contributed by atoms with Crippen LogP contribution in [0, 0.1) is 3.57 Å². The van der Waals surface area contributed by atoms with Gasteiger partial charge in [0.2, 0.25) is 0 Å². The normalized spacial score (nSPS) is 10.4. The van der Waals surface area contributed by atoms with Crippen molar-refractivity contribution in [2.45, 2.75) is 0 Å². The molecule has 1 aromatic rings. The minimum absolute atomic E-state index is 0.0957. The fourth-order valence-corrected chi connectivity index (χ4v) is 1.70. The first-order chi connectivity index (χ1) is 7.58. The number of rotatable bonds is 3. The maximum Gasteiger partial charge on any atom is 0.330 e. The third-order valence-corrected chi connectivity index (χ3v) is 2.71. The van der Waals surface area contributed by atoms with Crippen LogP contribution in [0.4, 0.5) is 0 Å². The fourth-order valence-electron chi connectivity index (χ4n) is 1.08. The summed E-state index contributed by atoms with van der Waals surface area (Å²) in [5.74, 6) is 0.0387. The Labute approximate surface area is 107 Å². The van der Waals surface area contributed by atoms with Crippen molar-refractivity contribution in [2.24, 2.45) is 0 Å². The van der Waals surface area contributed by atoms with Crippen LogP contribution in [0.1, 0.15) is 5.56 Å². The van der Waals surface area contributed by atoms with Gasteiger partial charge in [0, 0.05) is 6.08 Å². The van der Waals surface area contributed by atoms with Crippen LogP contribution in [-0.2, 0) is 9.53 Å². The molecule has 16 heavy (non-hydrogen) atoms. The van der Waals surface area contributed by atoms with Gasteiger partial charge in [-0.05, 0) is 46.4 Å². The molecular formula is C11H11IO4. The molecule has 86 valence electrons. The van der Waals surface area contributed by atoms with E-state index in [1.165, 1.54) is 20.3 Å². The quantitative estimate of drug-likeness (QED) is 0.523. The largest absolute Gasteiger partial charge is 0.504 e. The number of halogens is 1. The van der Waals surface area contributed by atoms with Crippen LogP contribution in [0.15, 0.2) is 18.2 Å². The maximum absolute atomic E-state index is 10.9. The van der Waals surface area contributed by atoms with Gasteiger partial charge < -0.3 is 14.6 Å². The fraction of sp³-hybridized carbons (Fsp3) is 0.182. The van der Waals surface area contributed by atoms with Crippen LogP contribution in [0.2, 0.25) is 0 Å². The highest BCUT2D eigenvalue weighted by Gasteiger charge is 2.07. The molecule has 0 radical (unpaired) electrons. The topological polar surface area (TPSA) is 55.8 Å². The van der Waals surface area contributed by atoms with Gasteiger partial charge in [-0.1, -0.05) is 0 Å². The number of hydrogen-bond donors (Lipinski definition) is 1. The zero-order chi connectivity index (χ0) is 12.1. The molecule has 0 amide bonds. The highest BCUT2D eigenvalue weighted by Crippen LogP contribution is 2.32. The second-order valence-corrected chi connectivity index (χ2v) is 4.07. The van der Waals surface area contributed by atoms with Crippen LogP contribution < -0.4 is 4.74 Å². The number of esters is 1. The molecule has 0 aliphatic carbocycles. The highest BCUT2D eigenvalue weighted by atomic mass is 127. The molecule has 0 saturated heterocycles. The number of ether oxygens (including phenoxy) is 2. The second-order valence-electron chi connectivity index (χ2n) is 2.91. The Morgan fingerprint density at radius 3 is 2.69 bits per heavy atom. The van der Waals surface area contributed by atoms with E-state index in [1.807, 2.05) is 22.6 Å². The van der Waals surface area contributed by atoms with Crippen molar-refractivity contribution in [2.75, 3.05) is 14.2 Å². The summed E-state index contributed by atoms with van der Waals surface area (Å²) >= 11 is 1.99. The molecular weight excluding hydrogens is 323 g/mol. The van der Waals surface area contributed by atoms with Crippen molar-refractivity contribution in [3.05, 3.63) is 27.3 Å². The van der Waals surface area contributed by atoms with Gasteiger partial charge in [0.05, 0.1) is 17.8 Å². The summed E-state index contributed by atoms with van der Waals surface area (Å²) in [5.41, 5.74) is 0.754. The molecule has 4 nitrogen and oxygen atoms in total. The number of benzene rings is 1. The van der Waals surface area contributed by atoms with Gasteiger partial charge in [-0.2, -0.15) is 0 Å². The molecule has 0 saturated carbocycles. The molecule has 0 bridgehead atoms. The maximum atomic E-state index is 10.9. The Morgan fingerprint density at radius 1 is 1.44 bits per heavy atom. The molecule has 5 heteroatoms. The molecule has 1 N–H and O–H groups in total. The standard InChI is InChI=1S/C11H11IO4/c1-15-9-6-7(3-4-10(13)16-2)5-8(12)11(9)14/h3-6,14H,1-2H3. The first-order valence-electron chi connectivity index (χ1n) is 4.41. The first kappa shape index (κ1) is 12.8. The van der Waals surface area contributed by atoms with E-state index in [4.69, 9.17) is 4.74 Å². The van der Waals surface area contributed by atoms with E-state index >= 15 is 0 Å². The Balaban J connectivity index is 3.03. The van der Waals surface area contributed by atoms with E-state index in [9.17, 15) is 9.90 Å². The lowest BCUT2D eigenvalue weighted by Crippen LogP contribution is -1.93. The molecule has 0 aliphatic heterocycles. The van der Waals surface area contributed by atoms with E-state index in [0.29, 0.717) is 9.32 Å². The molecule has 0 unspecified atom stereocenters. The summed E-state index contributed by atoms with van der Waals surface area (Å²) in [6.07, 6.45) is 2.90. The van der Waals surface area contributed by atoms with Gasteiger partial charge in [-0.3, -0.25) is 0 Å². The van der Waals surface area contributed by atoms with Crippen molar-refractivity contribution in [1.82, 2.24) is 0 Å². The summed E-state index contributed by atoms with van der Waals surface area (Å²) < 4.78 is 10.1. The van der Waals surface area contributed by atoms with E-state index < -0.39 is 5.97 Å². The van der Waals surface area contributed by atoms with E-state index in [2.05, 4.69) is 4.74 Å². The molecule has 1 aromatic carbocycles. The molecule has 0 aromatic heterocycles. The van der Waals surface area contributed by atoms with Crippen LogP contribution in [-0.4, -0.2) is 25.3 Å². The summed E-state index contributed by atoms with van der Waals surface area (Å²) in [7, 11) is 2.78. The van der Waals surface area contributed by atoms with Crippen LogP contribution in [0.3, 0.4) is 0 Å². The number of phenols is 1. The lowest BCUT2D eigenvalue weighted by Gasteiger charge is -2.06. The zero-order valence-electron chi connectivity index (χ0n) is 8.86. The minimum atomic E-state index is -0.429. The number of hydrogen-bond acceptors (Lipinski definition) is 4. The SMILES string of the molecule is COC(=O)C=Cc1cc(I)c(O)c(OC)c1. The number of carbonyl (C=O) groups excluding carboxylic acids is 1. The Hall–Kier alpha value is -1.24.